The van der Waals surface area contributed by atoms with E-state index < -0.39 is 0 Å². The van der Waals surface area contributed by atoms with Gasteiger partial charge in [-0.05, 0) is 11.6 Å². The molecule has 84 valence electrons. The Bertz CT molecular complexity index is 367. The van der Waals surface area contributed by atoms with Gasteiger partial charge in [-0.25, -0.2) is 0 Å². The second-order valence-electron chi connectivity index (χ2n) is 3.16. The molecule has 1 unspecified atom stereocenters. The quantitative estimate of drug-likeness (QED) is 0.792. The number of carbonyl (C=O) groups is 1. The molecule has 0 aromatic carbocycles. The summed E-state index contributed by atoms with van der Waals surface area (Å²) in [4.78, 5) is 12.5. The zero-order valence-electron chi connectivity index (χ0n) is 8.08. The van der Waals surface area contributed by atoms with Crippen LogP contribution in [0.2, 0.25) is 4.34 Å². The van der Waals surface area contributed by atoms with Crippen LogP contribution in [0.15, 0.2) is 6.07 Å². The summed E-state index contributed by atoms with van der Waals surface area (Å²) < 4.78 is 5.46. The lowest BCUT2D eigenvalue weighted by Gasteiger charge is -2.21. The molecule has 0 aliphatic carbocycles. The summed E-state index contributed by atoms with van der Waals surface area (Å²) in [6.07, 6.45) is 0.680. The topological polar surface area (TPSA) is 38.3 Å². The molecule has 1 atom stereocenters. The monoisotopic (exact) mass is 267 g/mol. The van der Waals surface area contributed by atoms with Crippen molar-refractivity contribution in [2.24, 2.45) is 0 Å². The maximum atomic E-state index is 11.3. The fourth-order valence-electron chi connectivity index (χ4n) is 1.55. The summed E-state index contributed by atoms with van der Waals surface area (Å²) in [5, 5.41) is 3.11. The largest absolute Gasteiger partial charge is 0.468 e. The fourth-order valence-corrected chi connectivity index (χ4v) is 2.91. The number of methoxy groups -OCH3 is 1. The predicted molar refractivity (Wildman–Crippen MR) is 62.9 cm³/mol. The Hall–Kier alpha value is -0.290. The lowest BCUT2D eigenvalue weighted by molar-refractivity contribution is -0.143. The standard InChI is InChI=1S/C9H10ClNO2S.ClH/c1-13-9(12)6-3-7-5(4-11-6)2-8(10)14-7;/h2,6,11H,3-4H2,1H3;1H. The summed E-state index contributed by atoms with van der Waals surface area (Å²) >= 11 is 7.43. The second kappa shape index (κ2) is 5.16. The van der Waals surface area contributed by atoms with Crippen molar-refractivity contribution in [3.8, 4) is 0 Å². The third-order valence-electron chi connectivity index (χ3n) is 2.28. The molecule has 0 bridgehead atoms. The molecule has 2 rings (SSSR count). The molecule has 0 fully saturated rings. The minimum Gasteiger partial charge on any atom is -0.468 e. The smallest absolute Gasteiger partial charge is 0.323 e. The normalized spacial score (nSPS) is 18.9. The minimum atomic E-state index is -0.220. The van der Waals surface area contributed by atoms with Gasteiger partial charge in [-0.1, -0.05) is 11.6 Å². The first kappa shape index (κ1) is 12.8. The van der Waals surface area contributed by atoms with Crippen LogP contribution in [-0.4, -0.2) is 19.1 Å². The van der Waals surface area contributed by atoms with E-state index in [0.29, 0.717) is 13.0 Å². The summed E-state index contributed by atoms with van der Waals surface area (Å²) in [5.74, 6) is -0.208. The molecule has 1 aromatic rings. The van der Waals surface area contributed by atoms with E-state index in [4.69, 9.17) is 11.6 Å². The summed E-state index contributed by atoms with van der Waals surface area (Å²) in [6, 6.07) is 1.73. The van der Waals surface area contributed by atoms with E-state index in [-0.39, 0.29) is 24.4 Å². The minimum absolute atomic E-state index is 0. The van der Waals surface area contributed by atoms with Gasteiger partial charge in [-0.15, -0.1) is 23.7 Å². The van der Waals surface area contributed by atoms with Gasteiger partial charge < -0.3 is 4.74 Å². The molecule has 0 amide bonds. The third kappa shape index (κ3) is 2.64. The lowest BCUT2D eigenvalue weighted by Crippen LogP contribution is -2.41. The number of hydrogen-bond acceptors (Lipinski definition) is 4. The molecule has 0 saturated heterocycles. The van der Waals surface area contributed by atoms with E-state index in [0.717, 1.165) is 4.34 Å². The average molecular weight is 268 g/mol. The Kier molecular flexibility index (Phi) is 4.40. The highest BCUT2D eigenvalue weighted by Gasteiger charge is 2.26. The Labute approximate surface area is 103 Å². The number of hydrogen-bond donors (Lipinski definition) is 1. The molecule has 1 N–H and O–H groups in total. The van der Waals surface area contributed by atoms with Gasteiger partial charge in [0.05, 0.1) is 11.4 Å². The zero-order chi connectivity index (χ0) is 10.1. The van der Waals surface area contributed by atoms with E-state index in [1.54, 1.807) is 0 Å². The van der Waals surface area contributed by atoms with Crippen LogP contribution >= 0.6 is 35.3 Å². The predicted octanol–water partition coefficient (Wildman–Crippen LogP) is 2.01. The van der Waals surface area contributed by atoms with Crippen molar-refractivity contribution >= 4 is 41.3 Å². The third-order valence-corrected chi connectivity index (χ3v) is 3.61. The van der Waals surface area contributed by atoms with Crippen molar-refractivity contribution in [1.82, 2.24) is 5.32 Å². The number of nitrogens with one attached hydrogen (secondary N) is 1. The second-order valence-corrected chi connectivity index (χ2v) is 4.93. The van der Waals surface area contributed by atoms with E-state index in [1.807, 2.05) is 6.07 Å². The number of rotatable bonds is 1. The van der Waals surface area contributed by atoms with Gasteiger partial charge in [0.25, 0.3) is 0 Å². The van der Waals surface area contributed by atoms with Crippen LogP contribution in [0, 0.1) is 0 Å². The van der Waals surface area contributed by atoms with Crippen LogP contribution in [0.1, 0.15) is 10.4 Å². The number of ether oxygens (including phenoxy) is 1. The first-order valence-electron chi connectivity index (χ1n) is 4.29. The van der Waals surface area contributed by atoms with Gasteiger partial charge in [-0.3, -0.25) is 10.1 Å². The molecule has 15 heavy (non-hydrogen) atoms. The molecule has 1 aromatic heterocycles. The first-order valence-corrected chi connectivity index (χ1v) is 5.48. The molecular weight excluding hydrogens is 257 g/mol. The highest BCUT2D eigenvalue weighted by molar-refractivity contribution is 7.16. The van der Waals surface area contributed by atoms with Gasteiger partial charge >= 0.3 is 5.97 Å². The maximum Gasteiger partial charge on any atom is 0.323 e. The van der Waals surface area contributed by atoms with E-state index in [2.05, 4.69) is 10.1 Å². The number of halogens is 2. The van der Waals surface area contributed by atoms with Gasteiger partial charge in [0.15, 0.2) is 0 Å². The molecule has 1 aliphatic rings. The average Bonchev–Trinajstić information content (AvgIpc) is 2.55. The van der Waals surface area contributed by atoms with Gasteiger partial charge in [0, 0.05) is 17.8 Å². The van der Waals surface area contributed by atoms with Gasteiger partial charge in [-0.2, -0.15) is 0 Å². The van der Waals surface area contributed by atoms with Crippen molar-refractivity contribution in [2.75, 3.05) is 7.11 Å². The van der Waals surface area contributed by atoms with Crippen LogP contribution in [0.3, 0.4) is 0 Å². The van der Waals surface area contributed by atoms with Crippen LogP contribution < -0.4 is 5.32 Å². The molecular formula is C9H11Cl2NO2S. The van der Waals surface area contributed by atoms with Crippen LogP contribution in [-0.2, 0) is 22.5 Å². The molecule has 2 heterocycles. The first-order chi connectivity index (χ1) is 6.70. The van der Waals surface area contributed by atoms with Crippen molar-refractivity contribution in [3.05, 3.63) is 20.8 Å². The van der Waals surface area contributed by atoms with Crippen molar-refractivity contribution in [1.29, 1.82) is 0 Å². The van der Waals surface area contributed by atoms with Crippen molar-refractivity contribution in [3.63, 3.8) is 0 Å². The maximum absolute atomic E-state index is 11.3. The van der Waals surface area contributed by atoms with Crippen LogP contribution in [0.4, 0.5) is 0 Å². The molecule has 6 heteroatoms. The summed E-state index contributed by atoms with van der Waals surface area (Å²) in [5.41, 5.74) is 1.19. The molecule has 0 saturated carbocycles. The van der Waals surface area contributed by atoms with E-state index in [9.17, 15) is 4.79 Å². The molecule has 0 radical (unpaired) electrons. The van der Waals surface area contributed by atoms with Crippen LogP contribution in [0.5, 0.6) is 0 Å². The SMILES string of the molecule is COC(=O)C1Cc2sc(Cl)cc2CN1.Cl. The van der Waals surface area contributed by atoms with Crippen LogP contribution in [0.25, 0.3) is 0 Å². The van der Waals surface area contributed by atoms with Crippen molar-refractivity contribution in [2.45, 2.75) is 19.0 Å². The van der Waals surface area contributed by atoms with Gasteiger partial charge in [0.1, 0.15) is 6.04 Å². The Morgan fingerprint density at radius 3 is 3.13 bits per heavy atom. The molecule has 0 spiro atoms. The lowest BCUT2D eigenvalue weighted by atomic mass is 10.1. The Morgan fingerprint density at radius 2 is 2.47 bits per heavy atom. The zero-order valence-corrected chi connectivity index (χ0v) is 10.5. The Balaban J connectivity index is 0.00000112. The highest BCUT2D eigenvalue weighted by atomic mass is 35.5. The van der Waals surface area contributed by atoms with E-state index in [1.165, 1.54) is 28.9 Å². The number of esters is 1. The number of thiophene rings is 1. The molecule has 1 aliphatic heterocycles. The van der Waals surface area contributed by atoms with E-state index >= 15 is 0 Å². The highest BCUT2D eigenvalue weighted by Crippen LogP contribution is 2.30. The van der Waals surface area contributed by atoms with Gasteiger partial charge in [0.2, 0.25) is 0 Å². The summed E-state index contributed by atoms with van der Waals surface area (Å²) in [7, 11) is 1.40. The number of carbonyl (C=O) groups excluding carboxylic acids is 1. The molecule has 3 nitrogen and oxygen atoms in total. The summed E-state index contributed by atoms with van der Waals surface area (Å²) in [6.45, 7) is 0.693. The number of fused-ring (bicyclic) bond motifs is 1. The van der Waals surface area contributed by atoms with Crippen molar-refractivity contribution < 1.29 is 9.53 Å². The Morgan fingerprint density at radius 1 is 1.73 bits per heavy atom. The fraction of sp³-hybridized carbons (Fsp3) is 0.444.